The van der Waals surface area contributed by atoms with E-state index in [0.29, 0.717) is 0 Å². The summed E-state index contributed by atoms with van der Waals surface area (Å²) in [6, 6.07) is 6.35. The second kappa shape index (κ2) is 10.9. The van der Waals surface area contributed by atoms with E-state index in [1.807, 2.05) is 27.7 Å². The molecule has 0 saturated carbocycles. The third kappa shape index (κ3) is 5.33. The summed E-state index contributed by atoms with van der Waals surface area (Å²) in [7, 11) is 0. The predicted octanol–water partition coefficient (Wildman–Crippen LogP) is 5.03. The lowest BCUT2D eigenvalue weighted by Gasteiger charge is -2.24. The number of ether oxygens (including phenoxy) is 1. The largest absolute Gasteiger partial charge is 0.457 e. The van der Waals surface area contributed by atoms with Crippen molar-refractivity contribution in [3.05, 3.63) is 58.7 Å². The quantitative estimate of drug-likeness (QED) is 0.289. The lowest BCUT2D eigenvalue weighted by molar-refractivity contribution is -0.116. The highest BCUT2D eigenvalue weighted by atomic mass is 35.5. The summed E-state index contributed by atoms with van der Waals surface area (Å²) in [5.74, 6) is -2.16. The minimum Gasteiger partial charge on any atom is -0.457 e. The zero-order chi connectivity index (χ0) is 28.8. The van der Waals surface area contributed by atoms with Crippen molar-refractivity contribution in [2.75, 3.05) is 0 Å². The Balaban J connectivity index is 1.59. The molecule has 0 aliphatic carbocycles. The Morgan fingerprint density at radius 3 is 1.28 bits per heavy atom. The molecule has 2 aliphatic heterocycles. The van der Waals surface area contributed by atoms with Gasteiger partial charge in [0, 0.05) is 0 Å². The van der Waals surface area contributed by atoms with Crippen LogP contribution in [0.25, 0.3) is 0 Å². The molecule has 204 valence electrons. The molecule has 11 heteroatoms. The van der Waals surface area contributed by atoms with Crippen molar-refractivity contribution in [3.63, 3.8) is 0 Å². The normalized spacial score (nSPS) is 16.2. The van der Waals surface area contributed by atoms with E-state index in [-0.39, 0.29) is 58.4 Å². The molecular weight excluding hydrogens is 547 g/mol. The van der Waals surface area contributed by atoms with Gasteiger partial charge in [0.15, 0.2) is 0 Å². The van der Waals surface area contributed by atoms with Crippen LogP contribution in [0.1, 0.15) is 82.0 Å². The second-order valence-electron chi connectivity index (χ2n) is 10.4. The van der Waals surface area contributed by atoms with Gasteiger partial charge in [0.1, 0.15) is 23.6 Å². The highest BCUT2D eigenvalue weighted by Gasteiger charge is 2.44. The third-order valence-electron chi connectivity index (χ3n) is 6.55. The molecule has 9 nitrogen and oxygen atoms in total. The number of carbonyl (C=O) groups is 6. The highest BCUT2D eigenvalue weighted by molar-refractivity contribution is 6.65. The van der Waals surface area contributed by atoms with E-state index < -0.39 is 46.2 Å². The number of amides is 4. The van der Waals surface area contributed by atoms with Gasteiger partial charge in [0.05, 0.1) is 22.3 Å². The van der Waals surface area contributed by atoms with Crippen molar-refractivity contribution in [3.8, 4) is 11.5 Å². The lowest BCUT2D eigenvalue weighted by atomic mass is 10.0. The maximum absolute atomic E-state index is 13.1. The minimum atomic E-state index is -1.09. The SMILES string of the molecule is CC(C)C[C@@H](C(=O)Cl)N1C(=O)c2ccc(Oc3ccc4c(c3)C(=O)N([C@@H](CC(C)C)C(=O)Cl)C4=O)cc2C1=O. The third-order valence-corrected chi connectivity index (χ3v) is 7.06. The van der Waals surface area contributed by atoms with Gasteiger partial charge in [-0.15, -0.1) is 0 Å². The van der Waals surface area contributed by atoms with Crippen molar-refractivity contribution < 1.29 is 33.5 Å². The summed E-state index contributed by atoms with van der Waals surface area (Å²) < 4.78 is 5.86. The van der Waals surface area contributed by atoms with Gasteiger partial charge in [0.25, 0.3) is 23.6 Å². The molecule has 0 N–H and O–H groups in total. The van der Waals surface area contributed by atoms with E-state index in [1.54, 1.807) is 0 Å². The Bertz CT molecular complexity index is 1310. The lowest BCUT2D eigenvalue weighted by Crippen LogP contribution is -2.44. The topological polar surface area (TPSA) is 118 Å². The zero-order valence-corrected chi connectivity index (χ0v) is 23.2. The molecule has 2 aromatic carbocycles. The summed E-state index contributed by atoms with van der Waals surface area (Å²) in [4.78, 5) is 77.9. The Morgan fingerprint density at radius 2 is 0.974 bits per heavy atom. The molecule has 0 aromatic heterocycles. The molecule has 2 aromatic rings. The first-order valence-electron chi connectivity index (χ1n) is 12.4. The van der Waals surface area contributed by atoms with E-state index in [0.717, 1.165) is 9.80 Å². The number of carbonyl (C=O) groups excluding carboxylic acids is 6. The molecule has 4 amide bonds. The average molecular weight is 573 g/mol. The summed E-state index contributed by atoms with van der Waals surface area (Å²) in [6.07, 6.45) is 0.451. The first kappa shape index (κ1) is 28.4. The Labute approximate surface area is 235 Å². The number of nitrogens with zero attached hydrogens (tertiary/aromatic N) is 2. The van der Waals surface area contributed by atoms with Crippen LogP contribution >= 0.6 is 23.2 Å². The van der Waals surface area contributed by atoms with Crippen LogP contribution in [-0.4, -0.2) is 56.0 Å². The van der Waals surface area contributed by atoms with Crippen molar-refractivity contribution in [2.45, 2.75) is 52.6 Å². The average Bonchev–Trinajstić information content (AvgIpc) is 3.24. The first-order valence-corrected chi connectivity index (χ1v) is 13.2. The molecule has 0 saturated heterocycles. The molecule has 0 spiro atoms. The van der Waals surface area contributed by atoms with Crippen LogP contribution in [0.2, 0.25) is 0 Å². The molecule has 2 atom stereocenters. The smallest absolute Gasteiger partial charge is 0.262 e. The molecule has 0 fully saturated rings. The van der Waals surface area contributed by atoms with Crippen molar-refractivity contribution in [1.82, 2.24) is 9.80 Å². The van der Waals surface area contributed by atoms with Gasteiger partial charge in [-0.2, -0.15) is 0 Å². The van der Waals surface area contributed by atoms with Gasteiger partial charge in [-0.1, -0.05) is 27.7 Å². The van der Waals surface area contributed by atoms with Gasteiger partial charge < -0.3 is 4.74 Å². The molecule has 0 unspecified atom stereocenters. The molecule has 0 radical (unpaired) electrons. The summed E-state index contributed by atoms with van der Waals surface area (Å²) >= 11 is 11.5. The highest BCUT2D eigenvalue weighted by Crippen LogP contribution is 2.35. The van der Waals surface area contributed by atoms with E-state index in [1.165, 1.54) is 36.4 Å². The number of rotatable bonds is 10. The van der Waals surface area contributed by atoms with E-state index >= 15 is 0 Å². The molecule has 0 bridgehead atoms. The number of benzene rings is 2. The van der Waals surface area contributed by atoms with E-state index in [4.69, 9.17) is 27.9 Å². The number of imide groups is 2. The second-order valence-corrected chi connectivity index (χ2v) is 11.1. The zero-order valence-electron chi connectivity index (χ0n) is 21.7. The monoisotopic (exact) mass is 572 g/mol. The number of hydrogen-bond acceptors (Lipinski definition) is 7. The molecule has 2 heterocycles. The van der Waals surface area contributed by atoms with Gasteiger partial charge in [-0.25, -0.2) is 0 Å². The number of halogens is 2. The summed E-state index contributed by atoms with van der Waals surface area (Å²) in [6.45, 7) is 7.40. The van der Waals surface area contributed by atoms with Crippen LogP contribution < -0.4 is 4.74 Å². The van der Waals surface area contributed by atoms with Crippen molar-refractivity contribution in [2.24, 2.45) is 11.8 Å². The fourth-order valence-corrected chi connectivity index (χ4v) is 5.17. The Hall–Kier alpha value is -3.56. The standard InChI is InChI=1S/C28H26Cl2N2O7/c1-13(2)9-21(23(29)33)31-25(35)17-7-5-15(11-19(17)27(31)37)39-16-6-8-18-20(12-16)28(38)32(26(18)36)22(24(30)34)10-14(3)4/h5-8,11-14,21-22H,9-10H2,1-4H3/t21-,22-/m0/s1. The van der Waals surface area contributed by atoms with Crippen molar-refractivity contribution in [1.29, 1.82) is 0 Å². The van der Waals surface area contributed by atoms with Crippen molar-refractivity contribution >= 4 is 57.3 Å². The fourth-order valence-electron chi connectivity index (χ4n) is 4.80. The van der Waals surface area contributed by atoms with Gasteiger partial charge in [-0.3, -0.25) is 38.6 Å². The van der Waals surface area contributed by atoms with Gasteiger partial charge in [-0.05, 0) is 84.3 Å². The maximum Gasteiger partial charge on any atom is 0.262 e. The van der Waals surface area contributed by atoms with Crippen LogP contribution in [0.15, 0.2) is 36.4 Å². The predicted molar refractivity (Wildman–Crippen MR) is 142 cm³/mol. The number of hydrogen-bond donors (Lipinski definition) is 0. The molecular formula is C28H26Cl2N2O7. The van der Waals surface area contributed by atoms with Gasteiger partial charge in [0.2, 0.25) is 10.5 Å². The van der Waals surface area contributed by atoms with Gasteiger partial charge >= 0.3 is 0 Å². The minimum absolute atomic E-state index is 0.00874. The van der Waals surface area contributed by atoms with Crippen LogP contribution in [0.3, 0.4) is 0 Å². The Morgan fingerprint density at radius 1 is 0.641 bits per heavy atom. The first-order chi connectivity index (χ1) is 18.3. The van der Waals surface area contributed by atoms with Crippen LogP contribution in [-0.2, 0) is 9.59 Å². The maximum atomic E-state index is 13.1. The fraction of sp³-hybridized carbons (Fsp3) is 0.357. The van der Waals surface area contributed by atoms with Crippen LogP contribution in [0.4, 0.5) is 0 Å². The number of fused-ring (bicyclic) bond motifs is 2. The molecule has 39 heavy (non-hydrogen) atoms. The van der Waals surface area contributed by atoms with Crippen LogP contribution in [0, 0.1) is 11.8 Å². The summed E-state index contributed by atoms with van der Waals surface area (Å²) in [5, 5.41) is -1.60. The molecule has 4 rings (SSSR count). The van der Waals surface area contributed by atoms with E-state index in [9.17, 15) is 28.8 Å². The van der Waals surface area contributed by atoms with Crippen LogP contribution in [0.5, 0.6) is 11.5 Å². The Kier molecular flexibility index (Phi) is 7.95. The molecule has 2 aliphatic rings. The summed E-state index contributed by atoms with van der Waals surface area (Å²) in [5.41, 5.74) is 0.345. The van der Waals surface area contributed by atoms with E-state index in [2.05, 4.69) is 0 Å².